The number of carbonyl (C=O) groups is 1. The quantitative estimate of drug-likeness (QED) is 0.747. The van der Waals surface area contributed by atoms with Crippen molar-refractivity contribution >= 4 is 5.91 Å². The summed E-state index contributed by atoms with van der Waals surface area (Å²) in [6.07, 6.45) is 2.23. The molecule has 1 aromatic carbocycles. The van der Waals surface area contributed by atoms with Crippen molar-refractivity contribution in [2.75, 3.05) is 0 Å². The summed E-state index contributed by atoms with van der Waals surface area (Å²) in [6, 6.07) is 5.79. The van der Waals surface area contributed by atoms with Crippen LogP contribution in [0.5, 0.6) is 0 Å². The van der Waals surface area contributed by atoms with Gasteiger partial charge in [0.1, 0.15) is 29.4 Å². The maximum atomic E-state index is 13.9. The largest absolute Gasteiger partial charge is 0.369 e. The van der Waals surface area contributed by atoms with Crippen molar-refractivity contribution in [3.05, 3.63) is 65.2 Å². The van der Waals surface area contributed by atoms with Gasteiger partial charge >= 0.3 is 0 Å². The molecule has 1 saturated carbocycles. The normalized spacial score (nSPS) is 31.1. The van der Waals surface area contributed by atoms with E-state index in [1.54, 1.807) is 11.8 Å². The summed E-state index contributed by atoms with van der Waals surface area (Å²) in [6.45, 7) is 1.72. The van der Waals surface area contributed by atoms with Gasteiger partial charge in [0.25, 0.3) is 5.91 Å². The third-order valence-corrected chi connectivity index (χ3v) is 6.27. The lowest BCUT2D eigenvalue weighted by molar-refractivity contribution is -0.184. The van der Waals surface area contributed by atoms with E-state index in [0.717, 1.165) is 6.07 Å². The molecule has 2 aromatic rings. The summed E-state index contributed by atoms with van der Waals surface area (Å²) >= 11 is 0. The van der Waals surface area contributed by atoms with Gasteiger partial charge in [-0.1, -0.05) is 0 Å². The zero-order valence-electron chi connectivity index (χ0n) is 16.4. The topological polar surface area (TPSA) is 51.7 Å². The minimum atomic E-state index is -0.970. The molecular weight excluding hydrogens is 397 g/mol. The van der Waals surface area contributed by atoms with E-state index in [-0.39, 0.29) is 17.7 Å². The second-order valence-corrected chi connectivity index (χ2v) is 8.25. The SMILES string of the molecule is C[C@@H](OC1CC2(C1)O[C@@H]1CC[C@@H](c3cc(F)cc(F)c3)N1C2=O)c1ncccc1F. The van der Waals surface area contributed by atoms with Crippen molar-refractivity contribution in [3.8, 4) is 0 Å². The molecule has 2 aliphatic heterocycles. The Kier molecular flexibility index (Phi) is 4.59. The molecule has 3 aliphatic rings. The van der Waals surface area contributed by atoms with Crippen LogP contribution in [0, 0.1) is 17.5 Å². The number of hydrogen-bond donors (Lipinski definition) is 0. The number of rotatable bonds is 4. The lowest BCUT2D eigenvalue weighted by Gasteiger charge is -2.43. The predicted octanol–water partition coefficient (Wildman–Crippen LogP) is 4.20. The third-order valence-electron chi connectivity index (χ3n) is 6.27. The number of ether oxygens (including phenoxy) is 2. The van der Waals surface area contributed by atoms with Gasteiger partial charge in [-0.15, -0.1) is 0 Å². The molecule has 3 atom stereocenters. The van der Waals surface area contributed by atoms with E-state index in [1.807, 2.05) is 0 Å². The van der Waals surface area contributed by atoms with Gasteiger partial charge in [-0.2, -0.15) is 0 Å². The third kappa shape index (κ3) is 3.09. The number of nitrogens with zero attached hydrogens (tertiary/aromatic N) is 2. The van der Waals surface area contributed by atoms with Crippen LogP contribution in [0.25, 0.3) is 0 Å². The van der Waals surface area contributed by atoms with Crippen LogP contribution < -0.4 is 0 Å². The molecule has 5 nitrogen and oxygen atoms in total. The Labute approximate surface area is 171 Å². The number of amides is 1. The Morgan fingerprint density at radius 3 is 2.63 bits per heavy atom. The molecular formula is C22H21F3N2O3. The number of hydrogen-bond acceptors (Lipinski definition) is 4. The first-order chi connectivity index (χ1) is 14.4. The second kappa shape index (κ2) is 7.06. The smallest absolute Gasteiger partial charge is 0.257 e. The molecule has 2 saturated heterocycles. The number of carbonyl (C=O) groups excluding carboxylic acids is 1. The highest BCUT2D eigenvalue weighted by atomic mass is 19.1. The maximum Gasteiger partial charge on any atom is 0.257 e. The molecule has 30 heavy (non-hydrogen) atoms. The molecule has 5 rings (SSSR count). The molecule has 0 radical (unpaired) electrons. The lowest BCUT2D eigenvalue weighted by atomic mass is 9.76. The molecule has 1 amide bonds. The molecule has 158 valence electrons. The summed E-state index contributed by atoms with van der Waals surface area (Å²) in [5.41, 5.74) is -0.302. The number of pyridine rings is 1. The lowest BCUT2D eigenvalue weighted by Crippen LogP contribution is -2.55. The van der Waals surface area contributed by atoms with E-state index >= 15 is 0 Å². The van der Waals surface area contributed by atoms with Crippen molar-refractivity contribution in [2.45, 2.75) is 62.7 Å². The summed E-state index contributed by atoms with van der Waals surface area (Å²) in [4.78, 5) is 18.8. The van der Waals surface area contributed by atoms with Crippen molar-refractivity contribution < 1.29 is 27.4 Å². The summed E-state index contributed by atoms with van der Waals surface area (Å²) in [5, 5.41) is 0. The van der Waals surface area contributed by atoms with E-state index in [4.69, 9.17) is 9.47 Å². The maximum absolute atomic E-state index is 13.9. The highest BCUT2D eigenvalue weighted by Gasteiger charge is 2.63. The first-order valence-electron chi connectivity index (χ1n) is 10.1. The van der Waals surface area contributed by atoms with Gasteiger partial charge < -0.3 is 14.4 Å². The fraction of sp³-hybridized carbons (Fsp3) is 0.455. The van der Waals surface area contributed by atoms with Crippen LogP contribution in [0.4, 0.5) is 13.2 Å². The fourth-order valence-corrected chi connectivity index (χ4v) is 4.90. The van der Waals surface area contributed by atoms with Gasteiger partial charge in [-0.05, 0) is 49.6 Å². The van der Waals surface area contributed by atoms with E-state index in [9.17, 15) is 18.0 Å². The highest BCUT2D eigenvalue weighted by molar-refractivity contribution is 5.89. The molecule has 1 aromatic heterocycles. The molecule has 0 N–H and O–H groups in total. The van der Waals surface area contributed by atoms with Gasteiger partial charge in [0.05, 0.1) is 18.2 Å². The molecule has 3 heterocycles. The van der Waals surface area contributed by atoms with E-state index in [1.165, 1.54) is 30.5 Å². The molecule has 1 aliphatic carbocycles. The average Bonchev–Trinajstić information content (AvgIpc) is 3.19. The van der Waals surface area contributed by atoms with Crippen LogP contribution in [-0.4, -0.2) is 33.7 Å². The van der Waals surface area contributed by atoms with E-state index in [2.05, 4.69) is 4.98 Å². The van der Waals surface area contributed by atoms with Gasteiger partial charge in [0.15, 0.2) is 5.60 Å². The van der Waals surface area contributed by atoms with Crippen LogP contribution in [0.2, 0.25) is 0 Å². The Morgan fingerprint density at radius 2 is 1.93 bits per heavy atom. The van der Waals surface area contributed by atoms with Crippen LogP contribution in [0.3, 0.4) is 0 Å². The first-order valence-corrected chi connectivity index (χ1v) is 10.1. The monoisotopic (exact) mass is 418 g/mol. The van der Waals surface area contributed by atoms with E-state index < -0.39 is 41.4 Å². The molecule has 0 bridgehead atoms. The van der Waals surface area contributed by atoms with Crippen molar-refractivity contribution in [1.82, 2.24) is 9.88 Å². The van der Waals surface area contributed by atoms with Gasteiger partial charge in [-0.3, -0.25) is 9.78 Å². The molecule has 1 spiro atoms. The zero-order chi connectivity index (χ0) is 21.0. The standard InChI is InChI=1S/C22H21F3N2O3/c1-12(20-17(25)3-2-6-26-20)29-16-10-22(11-16)21(28)27-18(4-5-19(27)30-22)13-7-14(23)9-15(24)8-13/h2-3,6-9,12,16,18-19H,4-5,10-11H2,1H3/t12-,16?,18+,19-,22?/m1/s1. The summed E-state index contributed by atoms with van der Waals surface area (Å²) in [5.74, 6) is -1.93. The van der Waals surface area contributed by atoms with Crippen LogP contribution in [0.15, 0.2) is 36.5 Å². The van der Waals surface area contributed by atoms with E-state index in [0.29, 0.717) is 31.2 Å². The van der Waals surface area contributed by atoms with Crippen LogP contribution in [-0.2, 0) is 14.3 Å². The van der Waals surface area contributed by atoms with Crippen LogP contribution in [0.1, 0.15) is 56.0 Å². The number of aromatic nitrogens is 1. The zero-order valence-corrected chi connectivity index (χ0v) is 16.4. The average molecular weight is 418 g/mol. The Balaban J connectivity index is 1.27. The predicted molar refractivity (Wildman–Crippen MR) is 99.5 cm³/mol. The van der Waals surface area contributed by atoms with Gasteiger partial charge in [-0.25, -0.2) is 13.2 Å². The first kappa shape index (κ1) is 19.5. The Hall–Kier alpha value is -2.45. The van der Waals surface area contributed by atoms with Gasteiger partial charge in [0, 0.05) is 25.1 Å². The van der Waals surface area contributed by atoms with Crippen molar-refractivity contribution in [1.29, 1.82) is 0 Å². The highest BCUT2D eigenvalue weighted by Crippen LogP contribution is 2.52. The van der Waals surface area contributed by atoms with Crippen molar-refractivity contribution in [2.24, 2.45) is 0 Å². The summed E-state index contributed by atoms with van der Waals surface area (Å²) < 4.78 is 53.2. The fourth-order valence-electron chi connectivity index (χ4n) is 4.90. The van der Waals surface area contributed by atoms with Gasteiger partial charge in [0.2, 0.25) is 0 Å². The minimum absolute atomic E-state index is 0.170. The molecule has 0 unspecified atom stereocenters. The molecule has 3 fully saturated rings. The summed E-state index contributed by atoms with van der Waals surface area (Å²) in [7, 11) is 0. The van der Waals surface area contributed by atoms with Crippen LogP contribution >= 0.6 is 0 Å². The molecule has 8 heteroatoms. The Bertz CT molecular complexity index is 975. The Morgan fingerprint density at radius 1 is 1.20 bits per heavy atom. The number of benzene rings is 1. The second-order valence-electron chi connectivity index (χ2n) is 8.25. The minimum Gasteiger partial charge on any atom is -0.369 e. The van der Waals surface area contributed by atoms with Crippen molar-refractivity contribution in [3.63, 3.8) is 0 Å². The number of fused-ring (bicyclic) bond motifs is 1. The number of halogens is 3.